The van der Waals surface area contributed by atoms with Crippen molar-refractivity contribution in [1.29, 1.82) is 0 Å². The lowest BCUT2D eigenvalue weighted by Gasteiger charge is -2.59. The smallest absolute Gasteiger partial charge is 0.192 e. The van der Waals surface area contributed by atoms with E-state index >= 15 is 4.39 Å². The van der Waals surface area contributed by atoms with Gasteiger partial charge < -0.3 is 20.4 Å². The third-order valence-corrected chi connectivity index (χ3v) is 8.01. The number of hydrogen-bond acceptors (Lipinski definition) is 6. The number of carbonyl (C=O) groups is 2. The van der Waals surface area contributed by atoms with E-state index in [1.807, 2.05) is 0 Å². The van der Waals surface area contributed by atoms with Gasteiger partial charge in [-0.05, 0) is 50.7 Å². The molecule has 0 radical (unpaired) electrons. The number of ketones is 2. The van der Waals surface area contributed by atoms with E-state index < -0.39 is 65.2 Å². The van der Waals surface area contributed by atoms with Crippen molar-refractivity contribution in [3.63, 3.8) is 0 Å². The van der Waals surface area contributed by atoms with Crippen LogP contribution in [-0.4, -0.2) is 68.8 Å². The van der Waals surface area contributed by atoms with Crippen molar-refractivity contribution in [2.24, 2.45) is 22.7 Å². The maximum absolute atomic E-state index is 16.9. The maximum Gasteiger partial charge on any atom is 0.192 e. The van der Waals surface area contributed by atoms with Crippen LogP contribution >= 0.6 is 0 Å². The van der Waals surface area contributed by atoms with E-state index in [1.54, 1.807) is 0 Å². The van der Waals surface area contributed by atoms with Crippen molar-refractivity contribution in [3.8, 4) is 0 Å². The number of rotatable bonds is 6. The Balaban J connectivity index is 2.14. The monoisotopic (exact) mass is 428 g/mol. The summed E-state index contributed by atoms with van der Waals surface area (Å²) in [6.07, 6.45) is 1.56. The summed E-state index contributed by atoms with van der Waals surface area (Å²) in [6, 6.07) is 0. The Morgan fingerprint density at radius 2 is 1.80 bits per heavy atom. The molecule has 1 unspecified atom stereocenters. The van der Waals surface area contributed by atoms with Crippen LogP contribution in [0.25, 0.3) is 0 Å². The number of carbonyl (C=O) groups excluding carboxylic acids is 2. The summed E-state index contributed by atoms with van der Waals surface area (Å²) in [5.41, 5.74) is -7.48. The molecule has 168 valence electrons. The van der Waals surface area contributed by atoms with Crippen LogP contribution in [0.5, 0.6) is 0 Å². The van der Waals surface area contributed by atoms with Gasteiger partial charge in [0, 0.05) is 16.7 Å². The van der Waals surface area contributed by atoms with E-state index in [-0.39, 0.29) is 31.5 Å². The van der Waals surface area contributed by atoms with Gasteiger partial charge in [-0.3, -0.25) is 14.0 Å². The summed E-state index contributed by atoms with van der Waals surface area (Å²) in [5, 5.41) is 42.3. The fraction of sp³-hybridized carbons (Fsp3) is 0.727. The number of halogens is 2. The number of Topliss-reactive ketones (excluding diaryl/α,β-unsaturated/α-hetero) is 1. The van der Waals surface area contributed by atoms with Crippen LogP contribution in [0, 0.1) is 22.7 Å². The van der Waals surface area contributed by atoms with Gasteiger partial charge in [0.2, 0.25) is 0 Å². The molecule has 4 N–H and O–H groups in total. The van der Waals surface area contributed by atoms with E-state index in [0.717, 1.165) is 0 Å². The summed E-state index contributed by atoms with van der Waals surface area (Å²) in [4.78, 5) is 24.0. The van der Waals surface area contributed by atoms with Gasteiger partial charge in [-0.2, -0.15) is 0 Å². The van der Waals surface area contributed by atoms with Crippen LogP contribution in [0.1, 0.15) is 39.5 Å². The minimum absolute atomic E-state index is 0.000542. The summed E-state index contributed by atoms with van der Waals surface area (Å²) >= 11 is 0. The predicted molar refractivity (Wildman–Crippen MR) is 104 cm³/mol. The Labute approximate surface area is 174 Å². The minimum atomic E-state index is -2.35. The van der Waals surface area contributed by atoms with Crippen LogP contribution in [-0.2, 0) is 9.59 Å². The molecule has 0 heterocycles. The van der Waals surface area contributed by atoms with E-state index in [4.69, 9.17) is 0 Å². The summed E-state index contributed by atoms with van der Waals surface area (Å²) in [7, 11) is 0. The van der Waals surface area contributed by atoms with Gasteiger partial charge in [-0.25, -0.2) is 4.39 Å². The molecule has 8 heteroatoms. The fourth-order valence-corrected chi connectivity index (χ4v) is 6.31. The molecule has 0 aromatic rings. The van der Waals surface area contributed by atoms with E-state index in [1.165, 1.54) is 38.2 Å². The van der Waals surface area contributed by atoms with Crippen molar-refractivity contribution >= 4 is 11.6 Å². The molecule has 2 fully saturated rings. The molecule has 0 bridgehead atoms. The Kier molecular flexibility index (Phi) is 5.86. The zero-order chi connectivity index (χ0) is 22.5. The zero-order valence-corrected chi connectivity index (χ0v) is 17.2. The first-order valence-electron chi connectivity index (χ1n) is 10.3. The van der Waals surface area contributed by atoms with Crippen molar-refractivity contribution in [1.82, 2.24) is 0 Å². The van der Waals surface area contributed by atoms with Crippen molar-refractivity contribution in [2.45, 2.75) is 63.0 Å². The molecule has 7 atom stereocenters. The first kappa shape index (κ1) is 23.2. The Hall–Kier alpha value is -1.48. The van der Waals surface area contributed by atoms with E-state index in [2.05, 4.69) is 0 Å². The molecule has 6 nitrogen and oxygen atoms in total. The molecular formula is C22H30F2O6. The van der Waals surface area contributed by atoms with Gasteiger partial charge in [0.25, 0.3) is 0 Å². The van der Waals surface area contributed by atoms with Gasteiger partial charge in [0.1, 0.15) is 6.61 Å². The highest BCUT2D eigenvalue weighted by Gasteiger charge is 2.74. The van der Waals surface area contributed by atoms with Crippen LogP contribution in [0.15, 0.2) is 24.3 Å². The molecule has 3 rings (SSSR count). The zero-order valence-electron chi connectivity index (χ0n) is 17.2. The van der Waals surface area contributed by atoms with Crippen LogP contribution in [0.2, 0.25) is 0 Å². The Morgan fingerprint density at radius 1 is 1.20 bits per heavy atom. The second-order valence-electron chi connectivity index (χ2n) is 9.40. The van der Waals surface area contributed by atoms with Gasteiger partial charge in [0.05, 0.1) is 18.9 Å². The van der Waals surface area contributed by atoms with Gasteiger partial charge in [-0.1, -0.05) is 19.1 Å². The van der Waals surface area contributed by atoms with Crippen molar-refractivity contribution in [3.05, 3.63) is 24.3 Å². The summed E-state index contributed by atoms with van der Waals surface area (Å²) in [5.74, 6) is -3.07. The Morgan fingerprint density at radius 3 is 2.33 bits per heavy atom. The Bertz CT molecular complexity index is 766. The average molecular weight is 428 g/mol. The number of aliphatic hydroxyl groups excluding tert-OH is 3. The quantitative estimate of drug-likeness (QED) is 0.506. The molecule has 3 aliphatic rings. The first-order valence-corrected chi connectivity index (χ1v) is 10.3. The normalized spacial score (nSPS) is 44.9. The lowest BCUT2D eigenvalue weighted by Crippen LogP contribution is -2.68. The highest BCUT2D eigenvalue weighted by molar-refractivity contribution is 6.00. The van der Waals surface area contributed by atoms with Crippen LogP contribution in [0.4, 0.5) is 8.78 Å². The molecule has 0 amide bonds. The van der Waals surface area contributed by atoms with Crippen molar-refractivity contribution in [2.75, 3.05) is 13.3 Å². The summed E-state index contributed by atoms with van der Waals surface area (Å²) < 4.78 is 30.0. The van der Waals surface area contributed by atoms with Gasteiger partial charge in [-0.15, -0.1) is 0 Å². The molecule has 30 heavy (non-hydrogen) atoms. The van der Waals surface area contributed by atoms with Crippen LogP contribution < -0.4 is 0 Å². The van der Waals surface area contributed by atoms with Gasteiger partial charge >= 0.3 is 0 Å². The molecule has 2 saturated carbocycles. The fourth-order valence-electron chi connectivity index (χ4n) is 6.31. The maximum atomic E-state index is 16.9. The second-order valence-corrected chi connectivity index (χ2v) is 9.40. The SMILES string of the molecule is CC1([C@]2(F)C(CCCF)[C@@H]3C[C@@H](O)[C@](O)(C(=O)CO)[C@@]3(C)C[C@@H]2O)C=CC(=O)C=C1. The minimum Gasteiger partial charge on any atom is -0.390 e. The topological polar surface area (TPSA) is 115 Å². The lowest BCUT2D eigenvalue weighted by atomic mass is 9.48. The highest BCUT2D eigenvalue weighted by atomic mass is 19.1. The molecule has 0 spiro atoms. The standard InChI is InChI=1S/C22H30F2O6/c1-19(7-5-13(26)6-8-19)21(24)14(4-3-9-23)15-10-16(27)22(30,18(29)12-25)20(15,2)11-17(21)28/h5-8,14-17,25,27-28,30H,3-4,9-12H2,1-2H3/t14?,15-,16+,17-,20-,21-,22-/m0/s1. The molecule has 3 aliphatic carbocycles. The van der Waals surface area contributed by atoms with Gasteiger partial charge in [0.15, 0.2) is 22.8 Å². The number of aliphatic hydroxyl groups is 4. The molecular weight excluding hydrogens is 398 g/mol. The first-order chi connectivity index (χ1) is 13.9. The number of allylic oxidation sites excluding steroid dienone is 4. The van der Waals surface area contributed by atoms with E-state index in [0.29, 0.717) is 0 Å². The number of alkyl halides is 2. The number of hydrogen-bond donors (Lipinski definition) is 4. The largest absolute Gasteiger partial charge is 0.390 e. The molecule has 0 aromatic heterocycles. The third kappa shape index (κ3) is 2.87. The summed E-state index contributed by atoms with van der Waals surface area (Å²) in [6.45, 7) is 1.32. The average Bonchev–Trinajstić information content (AvgIpc) is 2.91. The number of fused-ring (bicyclic) bond motifs is 1. The second kappa shape index (κ2) is 7.58. The van der Waals surface area contributed by atoms with E-state index in [9.17, 15) is 34.4 Å². The molecule has 0 aromatic carbocycles. The third-order valence-electron chi connectivity index (χ3n) is 8.01. The molecule has 0 saturated heterocycles. The lowest BCUT2D eigenvalue weighted by molar-refractivity contribution is -0.216. The molecule has 0 aliphatic heterocycles. The van der Waals surface area contributed by atoms with Crippen LogP contribution in [0.3, 0.4) is 0 Å². The van der Waals surface area contributed by atoms with Crippen molar-refractivity contribution < 1.29 is 38.8 Å². The highest BCUT2D eigenvalue weighted by Crippen LogP contribution is 2.66. The predicted octanol–water partition coefficient (Wildman–Crippen LogP) is 1.21.